The fraction of sp³-hybridized carbons (Fsp3) is 0.414. The summed E-state index contributed by atoms with van der Waals surface area (Å²) in [6.07, 6.45) is 0.304. The molecule has 0 radical (unpaired) electrons. The maximum absolute atomic E-state index is 13.0. The summed E-state index contributed by atoms with van der Waals surface area (Å²) in [5.41, 5.74) is 22.2. The predicted octanol–water partition coefficient (Wildman–Crippen LogP) is 0.170. The SMILES string of the molecule is COc1cc2nc(N3CCN(C(=O)C4COc5ccccc5O4)CC3)nc(N)c2cc1OC.NC(N)=NCCC[C@H](N)C(=O)O. The summed E-state index contributed by atoms with van der Waals surface area (Å²) in [6.45, 7) is 2.82. The van der Waals surface area contributed by atoms with Crippen LogP contribution in [0.5, 0.6) is 23.0 Å². The van der Waals surface area contributed by atoms with Crippen LogP contribution in [-0.2, 0) is 9.59 Å². The number of nitrogens with two attached hydrogens (primary N) is 4. The Hall–Kier alpha value is -5.25. The number of carbonyl (C=O) groups excluding carboxylic acids is 1. The number of aliphatic imine (C=N–C) groups is 1. The number of piperazine rings is 1. The first-order chi connectivity index (χ1) is 21.6. The first kappa shape index (κ1) is 32.7. The van der Waals surface area contributed by atoms with Gasteiger partial charge in [-0.1, -0.05) is 12.1 Å². The molecule has 1 amide bonds. The van der Waals surface area contributed by atoms with E-state index in [1.165, 1.54) is 0 Å². The van der Waals surface area contributed by atoms with E-state index in [0.717, 1.165) is 0 Å². The molecule has 2 aromatic carbocycles. The van der Waals surface area contributed by atoms with Crippen molar-refractivity contribution in [3.05, 3.63) is 36.4 Å². The lowest BCUT2D eigenvalue weighted by atomic mass is 10.2. The summed E-state index contributed by atoms with van der Waals surface area (Å²) < 4.78 is 22.3. The third-order valence-corrected chi connectivity index (χ3v) is 7.16. The Kier molecular flexibility index (Phi) is 10.9. The number of nitrogens with zero attached hydrogens (tertiary/aromatic N) is 5. The van der Waals surface area contributed by atoms with Gasteiger partial charge in [0, 0.05) is 44.2 Å². The molecule has 242 valence electrons. The van der Waals surface area contributed by atoms with E-state index in [1.807, 2.05) is 23.1 Å². The molecular weight excluding hydrogens is 586 g/mol. The fourth-order valence-corrected chi connectivity index (χ4v) is 4.72. The molecule has 1 saturated heterocycles. The number of carboxylic acids is 1. The number of carboxylic acid groups (broad SMARTS) is 1. The summed E-state index contributed by atoms with van der Waals surface area (Å²) in [6, 6.07) is 10.1. The van der Waals surface area contributed by atoms with Crippen LogP contribution >= 0.6 is 0 Å². The van der Waals surface area contributed by atoms with Crippen LogP contribution in [0.2, 0.25) is 0 Å². The molecular formula is C29H39N9O7. The first-order valence-electron chi connectivity index (χ1n) is 14.3. The van der Waals surface area contributed by atoms with Crippen molar-refractivity contribution in [3.63, 3.8) is 0 Å². The van der Waals surface area contributed by atoms with Gasteiger partial charge in [-0.25, -0.2) is 4.98 Å². The second kappa shape index (κ2) is 15.0. The maximum Gasteiger partial charge on any atom is 0.320 e. The van der Waals surface area contributed by atoms with Crippen LogP contribution in [0.1, 0.15) is 12.8 Å². The van der Waals surface area contributed by atoms with Crippen LogP contribution in [0.3, 0.4) is 0 Å². The Morgan fingerprint density at radius 1 is 1.07 bits per heavy atom. The van der Waals surface area contributed by atoms with E-state index in [4.69, 9.17) is 47.0 Å². The van der Waals surface area contributed by atoms with Gasteiger partial charge in [0.2, 0.25) is 12.1 Å². The zero-order valence-corrected chi connectivity index (χ0v) is 25.2. The number of nitrogen functional groups attached to an aromatic ring is 1. The summed E-state index contributed by atoms with van der Waals surface area (Å²) in [7, 11) is 3.14. The number of carbonyl (C=O) groups is 2. The number of rotatable bonds is 9. The lowest BCUT2D eigenvalue weighted by Gasteiger charge is -2.37. The molecule has 1 aromatic heterocycles. The molecule has 3 heterocycles. The van der Waals surface area contributed by atoms with Crippen LogP contribution in [0.15, 0.2) is 41.4 Å². The van der Waals surface area contributed by atoms with Crippen molar-refractivity contribution in [1.29, 1.82) is 0 Å². The number of aliphatic carboxylic acids is 1. The second-order valence-corrected chi connectivity index (χ2v) is 10.2. The highest BCUT2D eigenvalue weighted by molar-refractivity contribution is 5.92. The van der Waals surface area contributed by atoms with E-state index in [1.54, 1.807) is 37.3 Å². The molecule has 45 heavy (non-hydrogen) atoms. The topological polar surface area (TPSA) is 240 Å². The van der Waals surface area contributed by atoms with Crippen LogP contribution in [-0.4, -0.2) is 104 Å². The lowest BCUT2D eigenvalue weighted by Crippen LogP contribution is -2.54. The maximum atomic E-state index is 13.0. The van der Waals surface area contributed by atoms with Gasteiger partial charge in [-0.05, 0) is 31.0 Å². The van der Waals surface area contributed by atoms with Crippen molar-refractivity contribution in [2.45, 2.75) is 25.0 Å². The zero-order chi connectivity index (χ0) is 32.5. The third kappa shape index (κ3) is 8.23. The normalized spacial score (nSPS) is 16.2. The standard InChI is InChI=1S/C23H25N5O5.C6H14N4O2/c1-30-18-11-14-15(12-19(18)31-2)25-23(26-21(14)24)28-9-7-27(8-10-28)22(29)20-13-32-16-5-3-4-6-17(16)33-20;7-4(5(11)12)2-1-3-10-6(8)9/h3-6,11-12,20H,7-10,13H2,1-2H3,(H2,24,25,26);4H,1-3,7H2,(H,11,12)(H4,8,9,10)/t;4-/m.0/s1. The minimum Gasteiger partial charge on any atom is -0.493 e. The number of hydrogen-bond acceptors (Lipinski definition) is 12. The molecule has 2 atom stereocenters. The quantitative estimate of drug-likeness (QED) is 0.121. The number of para-hydroxylation sites is 2. The Bertz CT molecular complexity index is 1530. The molecule has 9 N–H and O–H groups in total. The average molecular weight is 626 g/mol. The number of fused-ring (bicyclic) bond motifs is 2. The Balaban J connectivity index is 0.000000328. The number of methoxy groups -OCH3 is 2. The van der Waals surface area contributed by atoms with Crippen LogP contribution < -0.4 is 46.8 Å². The average Bonchev–Trinajstić information content (AvgIpc) is 3.05. The van der Waals surface area contributed by atoms with E-state index in [0.29, 0.717) is 91.2 Å². The molecule has 0 bridgehead atoms. The van der Waals surface area contributed by atoms with E-state index < -0.39 is 18.1 Å². The molecule has 3 aromatic rings. The van der Waals surface area contributed by atoms with Gasteiger partial charge in [0.05, 0.1) is 19.7 Å². The third-order valence-electron chi connectivity index (χ3n) is 7.16. The molecule has 16 heteroatoms. The van der Waals surface area contributed by atoms with Gasteiger partial charge < -0.3 is 56.8 Å². The van der Waals surface area contributed by atoms with Crippen molar-refractivity contribution in [2.75, 3.05) is 64.2 Å². The largest absolute Gasteiger partial charge is 0.493 e. The number of anilines is 2. The van der Waals surface area contributed by atoms with Gasteiger partial charge in [-0.3, -0.25) is 14.6 Å². The Labute approximate surface area is 259 Å². The summed E-state index contributed by atoms with van der Waals surface area (Å²) in [5.74, 6) is 2.20. The van der Waals surface area contributed by atoms with Crippen molar-refractivity contribution in [1.82, 2.24) is 14.9 Å². The van der Waals surface area contributed by atoms with E-state index in [9.17, 15) is 9.59 Å². The summed E-state index contributed by atoms with van der Waals surface area (Å²) in [5, 5.41) is 9.07. The van der Waals surface area contributed by atoms with E-state index >= 15 is 0 Å². The van der Waals surface area contributed by atoms with Gasteiger partial charge in [-0.2, -0.15) is 4.98 Å². The van der Waals surface area contributed by atoms with Crippen LogP contribution in [0, 0.1) is 0 Å². The molecule has 2 aliphatic rings. The lowest BCUT2D eigenvalue weighted by molar-refractivity contribution is -0.141. The summed E-state index contributed by atoms with van der Waals surface area (Å²) in [4.78, 5) is 39.9. The van der Waals surface area contributed by atoms with Crippen LogP contribution in [0.4, 0.5) is 11.8 Å². The van der Waals surface area contributed by atoms with Gasteiger partial charge in [0.15, 0.2) is 29.0 Å². The highest BCUT2D eigenvalue weighted by Crippen LogP contribution is 2.34. The van der Waals surface area contributed by atoms with Crippen molar-refractivity contribution in [3.8, 4) is 23.0 Å². The Morgan fingerprint density at radius 2 is 1.73 bits per heavy atom. The smallest absolute Gasteiger partial charge is 0.320 e. The number of aromatic nitrogens is 2. The molecule has 5 rings (SSSR count). The highest BCUT2D eigenvalue weighted by atomic mass is 16.6. The molecule has 1 unspecified atom stereocenters. The molecule has 0 saturated carbocycles. The minimum absolute atomic E-state index is 0.0129. The minimum atomic E-state index is -1.00. The number of benzene rings is 2. The zero-order valence-electron chi connectivity index (χ0n) is 25.2. The molecule has 2 aliphatic heterocycles. The molecule has 0 aliphatic carbocycles. The monoisotopic (exact) mass is 625 g/mol. The number of amides is 1. The predicted molar refractivity (Wildman–Crippen MR) is 168 cm³/mol. The molecule has 16 nitrogen and oxygen atoms in total. The Morgan fingerprint density at radius 3 is 2.38 bits per heavy atom. The first-order valence-corrected chi connectivity index (χ1v) is 14.3. The van der Waals surface area contributed by atoms with Crippen molar-refractivity contribution >= 4 is 40.5 Å². The summed E-state index contributed by atoms with van der Waals surface area (Å²) >= 11 is 0. The van der Waals surface area contributed by atoms with E-state index in [2.05, 4.69) is 15.0 Å². The van der Waals surface area contributed by atoms with Gasteiger partial charge in [0.25, 0.3) is 5.91 Å². The molecule has 0 spiro atoms. The number of guanidine groups is 1. The van der Waals surface area contributed by atoms with Gasteiger partial charge >= 0.3 is 5.97 Å². The van der Waals surface area contributed by atoms with Gasteiger partial charge in [0.1, 0.15) is 18.5 Å². The number of ether oxygens (including phenoxy) is 4. The van der Waals surface area contributed by atoms with Gasteiger partial charge in [-0.15, -0.1) is 0 Å². The van der Waals surface area contributed by atoms with E-state index in [-0.39, 0.29) is 18.5 Å². The molecule has 1 fully saturated rings. The van der Waals surface area contributed by atoms with Crippen molar-refractivity contribution in [2.24, 2.45) is 22.2 Å². The van der Waals surface area contributed by atoms with Crippen LogP contribution in [0.25, 0.3) is 10.9 Å². The number of hydrogen-bond donors (Lipinski definition) is 5. The second-order valence-electron chi connectivity index (χ2n) is 10.2. The van der Waals surface area contributed by atoms with Crippen molar-refractivity contribution < 1.29 is 33.6 Å². The highest BCUT2D eigenvalue weighted by Gasteiger charge is 2.33. The fourth-order valence-electron chi connectivity index (χ4n) is 4.72.